The molecular formula is C12H23NO4. The van der Waals surface area contributed by atoms with Crippen molar-refractivity contribution in [3.05, 3.63) is 0 Å². The fourth-order valence-corrected chi connectivity index (χ4v) is 1.20. The number of likely N-dealkylation sites (N-methyl/N-ethyl adjacent to an activating group) is 1. The van der Waals surface area contributed by atoms with E-state index in [0.29, 0.717) is 0 Å². The van der Waals surface area contributed by atoms with Gasteiger partial charge in [-0.1, -0.05) is 13.8 Å². The molecule has 1 atom stereocenters. The highest BCUT2D eigenvalue weighted by atomic mass is 16.5. The van der Waals surface area contributed by atoms with Gasteiger partial charge < -0.3 is 19.1 Å². The van der Waals surface area contributed by atoms with Gasteiger partial charge in [0.2, 0.25) is 0 Å². The van der Waals surface area contributed by atoms with E-state index >= 15 is 0 Å². The van der Waals surface area contributed by atoms with E-state index in [2.05, 4.69) is 0 Å². The molecule has 0 aliphatic heterocycles. The summed E-state index contributed by atoms with van der Waals surface area (Å²) in [6.07, 6.45) is -2.97. The zero-order chi connectivity index (χ0) is 21.1. The van der Waals surface area contributed by atoms with Crippen LogP contribution in [0.15, 0.2) is 0 Å². The Kier molecular flexibility index (Phi) is 2.40. The Morgan fingerprint density at radius 3 is 2.29 bits per heavy atom. The molecule has 0 aromatic carbocycles. The molecular weight excluding hydrogens is 222 g/mol. The first-order valence-corrected chi connectivity index (χ1v) is 5.13. The minimum Gasteiger partial charge on any atom is -0.550 e. The van der Waals surface area contributed by atoms with Crippen LogP contribution >= 0.6 is 0 Å². The van der Waals surface area contributed by atoms with Crippen LogP contribution in [-0.4, -0.2) is 50.0 Å². The summed E-state index contributed by atoms with van der Waals surface area (Å²) in [5.41, 5.74) is 0. The number of esters is 1. The van der Waals surface area contributed by atoms with Crippen LogP contribution in [0.1, 0.15) is 39.0 Å². The number of hydrogen-bond acceptors (Lipinski definition) is 4. The Labute approximate surface area is 116 Å². The lowest BCUT2D eigenvalue weighted by Crippen LogP contribution is -2.45. The molecule has 100 valence electrons. The lowest BCUT2D eigenvalue weighted by molar-refractivity contribution is -0.873. The monoisotopic (exact) mass is 254 g/mol. The van der Waals surface area contributed by atoms with E-state index in [1.165, 1.54) is 0 Å². The second-order valence-electron chi connectivity index (χ2n) is 4.28. The highest BCUT2D eigenvalue weighted by Gasteiger charge is 2.22. The first-order chi connectivity index (χ1) is 11.3. The minimum absolute atomic E-state index is 0.140. The highest BCUT2D eigenvalue weighted by molar-refractivity contribution is 5.71. The molecule has 0 fully saturated rings. The van der Waals surface area contributed by atoms with Gasteiger partial charge in [-0.3, -0.25) is 4.79 Å². The third-order valence-electron chi connectivity index (χ3n) is 1.74. The molecule has 17 heavy (non-hydrogen) atoms. The Balaban J connectivity index is 6.06. The standard InChI is InChI=1S/C12H23NO4/c1-9(2)6-12(16)17-10(7-11(14)15)8-13(3,4)5/h9-10H,6-8H2,1-5H3/t10-/m1/s1/i3D3,4D3,5D3. The number of aliphatic carboxylic acids is 1. The summed E-state index contributed by atoms with van der Waals surface area (Å²) in [7, 11) is 0. The number of hydrogen-bond donors (Lipinski definition) is 0. The molecule has 0 aromatic rings. The summed E-state index contributed by atoms with van der Waals surface area (Å²) in [4.78, 5) is 22.7. The van der Waals surface area contributed by atoms with Crippen molar-refractivity contribution >= 4 is 11.9 Å². The van der Waals surface area contributed by atoms with Crippen molar-refractivity contribution in [2.45, 2.75) is 32.8 Å². The molecule has 0 N–H and O–H groups in total. The summed E-state index contributed by atoms with van der Waals surface area (Å²) in [6, 6.07) is 0. The molecule has 0 bridgehead atoms. The number of carboxylic acid groups (broad SMARTS) is 1. The van der Waals surface area contributed by atoms with Crippen LogP contribution < -0.4 is 5.11 Å². The van der Waals surface area contributed by atoms with Gasteiger partial charge in [-0.05, 0) is 5.92 Å². The molecule has 0 aliphatic rings. The predicted molar refractivity (Wildman–Crippen MR) is 61.9 cm³/mol. The molecule has 0 heterocycles. The second-order valence-corrected chi connectivity index (χ2v) is 4.28. The third kappa shape index (κ3) is 9.81. The summed E-state index contributed by atoms with van der Waals surface area (Å²) in [5, 5.41) is 10.9. The van der Waals surface area contributed by atoms with Gasteiger partial charge in [0.05, 0.1) is 33.3 Å². The van der Waals surface area contributed by atoms with Crippen LogP contribution in [0.4, 0.5) is 0 Å². The predicted octanol–water partition coefficient (Wildman–Crippen LogP) is -0.210. The Morgan fingerprint density at radius 1 is 1.29 bits per heavy atom. The molecule has 5 heteroatoms. The molecule has 5 nitrogen and oxygen atoms in total. The van der Waals surface area contributed by atoms with Crippen molar-refractivity contribution in [3.8, 4) is 0 Å². The van der Waals surface area contributed by atoms with Crippen molar-refractivity contribution in [1.29, 1.82) is 0 Å². The highest BCUT2D eigenvalue weighted by Crippen LogP contribution is 2.08. The molecule has 0 aliphatic carbocycles. The van der Waals surface area contributed by atoms with Crippen LogP contribution in [0.3, 0.4) is 0 Å². The van der Waals surface area contributed by atoms with E-state index < -0.39 is 56.4 Å². The van der Waals surface area contributed by atoms with Crippen molar-refractivity contribution in [1.82, 2.24) is 0 Å². The first kappa shape index (κ1) is 6.18. The molecule has 0 amide bonds. The van der Waals surface area contributed by atoms with Gasteiger partial charge in [0, 0.05) is 18.8 Å². The molecule has 0 unspecified atom stereocenters. The maximum absolute atomic E-state index is 11.8. The normalized spacial score (nSPS) is 23.6. The van der Waals surface area contributed by atoms with E-state index in [1.54, 1.807) is 13.8 Å². The quantitative estimate of drug-likeness (QED) is 0.466. The first-order valence-electron chi connectivity index (χ1n) is 9.63. The van der Waals surface area contributed by atoms with Gasteiger partial charge in [0.15, 0.2) is 6.10 Å². The fourth-order valence-electron chi connectivity index (χ4n) is 1.20. The number of nitrogens with zero attached hydrogens (tertiary/aromatic N) is 1. The SMILES string of the molecule is [2H]C([2H])([2H])[N+](C[C@@H](CC(=O)[O-])OC(=O)CC(C)C)(C([2H])([2H])[2H])C([2H])([2H])[2H]. The average Bonchev–Trinajstić information content (AvgIpc) is 2.28. The zero-order valence-electron chi connectivity index (χ0n) is 18.9. The van der Waals surface area contributed by atoms with Crippen LogP contribution in [0, 0.1) is 5.92 Å². The van der Waals surface area contributed by atoms with Crippen LogP contribution in [0.5, 0.6) is 0 Å². The van der Waals surface area contributed by atoms with Gasteiger partial charge >= 0.3 is 5.97 Å². The van der Waals surface area contributed by atoms with Crippen molar-refractivity contribution in [2.24, 2.45) is 5.92 Å². The van der Waals surface area contributed by atoms with Crippen LogP contribution in [-0.2, 0) is 14.3 Å². The van der Waals surface area contributed by atoms with Gasteiger partial charge in [-0.25, -0.2) is 0 Å². The van der Waals surface area contributed by atoms with E-state index in [9.17, 15) is 14.7 Å². The number of carbonyl (C=O) groups excluding carboxylic acids is 2. The molecule has 0 saturated heterocycles. The van der Waals surface area contributed by atoms with Crippen LogP contribution in [0.25, 0.3) is 0 Å². The van der Waals surface area contributed by atoms with Gasteiger partial charge in [-0.15, -0.1) is 0 Å². The summed E-state index contributed by atoms with van der Waals surface area (Å²) >= 11 is 0. The Hall–Kier alpha value is -1.10. The number of ether oxygens (including phenoxy) is 1. The summed E-state index contributed by atoms with van der Waals surface area (Å²) in [5.74, 6) is -2.81. The summed E-state index contributed by atoms with van der Waals surface area (Å²) in [6.45, 7) is -8.62. The lowest BCUT2D eigenvalue weighted by atomic mass is 10.1. The lowest BCUT2D eigenvalue weighted by Gasteiger charge is -2.29. The minimum atomic E-state index is -3.56. The topological polar surface area (TPSA) is 66.4 Å². The molecule has 0 radical (unpaired) electrons. The number of carboxylic acids is 1. The van der Waals surface area contributed by atoms with Crippen molar-refractivity contribution in [2.75, 3.05) is 27.5 Å². The number of rotatable bonds is 7. The smallest absolute Gasteiger partial charge is 0.306 e. The fraction of sp³-hybridized carbons (Fsp3) is 0.833. The van der Waals surface area contributed by atoms with Gasteiger partial charge in [0.1, 0.15) is 6.54 Å². The Morgan fingerprint density at radius 2 is 1.88 bits per heavy atom. The number of quaternary nitrogens is 1. The average molecular weight is 254 g/mol. The van der Waals surface area contributed by atoms with E-state index in [0.717, 1.165) is 0 Å². The maximum Gasteiger partial charge on any atom is 0.306 e. The molecule has 0 rings (SSSR count). The molecule has 0 aromatic heterocycles. The van der Waals surface area contributed by atoms with Crippen molar-refractivity contribution < 1.29 is 36.3 Å². The number of carbonyl (C=O) groups is 2. The van der Waals surface area contributed by atoms with E-state index in [1.807, 2.05) is 0 Å². The van der Waals surface area contributed by atoms with Crippen molar-refractivity contribution in [3.63, 3.8) is 0 Å². The zero-order valence-corrected chi connectivity index (χ0v) is 9.86. The van der Waals surface area contributed by atoms with Gasteiger partial charge in [0.25, 0.3) is 0 Å². The second kappa shape index (κ2) is 6.59. The van der Waals surface area contributed by atoms with E-state index in [-0.39, 0.29) is 12.3 Å². The van der Waals surface area contributed by atoms with Crippen LogP contribution in [0.2, 0.25) is 0 Å². The third-order valence-corrected chi connectivity index (χ3v) is 1.74. The van der Waals surface area contributed by atoms with Gasteiger partial charge in [-0.2, -0.15) is 0 Å². The maximum atomic E-state index is 11.8. The Bertz CT molecular complexity index is 474. The molecule has 0 saturated carbocycles. The largest absolute Gasteiger partial charge is 0.550 e. The van der Waals surface area contributed by atoms with E-state index in [4.69, 9.17) is 17.1 Å². The summed E-state index contributed by atoms with van der Waals surface area (Å²) < 4.78 is 70.0. The molecule has 0 spiro atoms.